The van der Waals surface area contributed by atoms with Gasteiger partial charge in [0.2, 0.25) is 0 Å². The van der Waals surface area contributed by atoms with E-state index in [1.54, 1.807) is 0 Å². The number of aryl methyl sites for hydroxylation is 1. The van der Waals surface area contributed by atoms with Crippen LogP contribution in [0.5, 0.6) is 5.75 Å². The van der Waals surface area contributed by atoms with Crippen LogP contribution in [0.4, 0.5) is 4.79 Å². The van der Waals surface area contributed by atoms with Crippen molar-refractivity contribution in [2.45, 2.75) is 12.8 Å². The van der Waals surface area contributed by atoms with Gasteiger partial charge in [-0.1, -0.05) is 12.1 Å². The average molecular weight is 266 g/mol. The Hall–Kier alpha value is -1.75. The zero-order chi connectivity index (χ0) is 14.1. The Morgan fingerprint density at radius 3 is 2.89 bits per heavy atom. The molecule has 1 aromatic rings. The first kappa shape index (κ1) is 15.3. The number of carboxylic acid groups (broad SMARTS) is 1. The Kier molecular flexibility index (Phi) is 6.74. The molecular formula is C14H22N2O3. The minimum Gasteiger partial charge on any atom is -0.492 e. The molecule has 2 N–H and O–H groups in total. The second-order valence-corrected chi connectivity index (χ2v) is 4.63. The van der Waals surface area contributed by atoms with Gasteiger partial charge in [0.15, 0.2) is 0 Å². The van der Waals surface area contributed by atoms with Crippen molar-refractivity contribution in [2.24, 2.45) is 0 Å². The first-order valence-corrected chi connectivity index (χ1v) is 6.41. The lowest BCUT2D eigenvalue weighted by molar-refractivity contribution is 0.194. The summed E-state index contributed by atoms with van der Waals surface area (Å²) in [4.78, 5) is 12.4. The Labute approximate surface area is 114 Å². The van der Waals surface area contributed by atoms with Gasteiger partial charge in [0, 0.05) is 13.1 Å². The van der Waals surface area contributed by atoms with Crippen LogP contribution in [0.3, 0.4) is 0 Å². The van der Waals surface area contributed by atoms with Crippen molar-refractivity contribution in [3.8, 4) is 5.75 Å². The number of hydrogen-bond donors (Lipinski definition) is 2. The molecular weight excluding hydrogens is 244 g/mol. The summed E-state index contributed by atoms with van der Waals surface area (Å²) in [6, 6.07) is 7.94. The standard InChI is InChI=1S/C14H22N2O3/c1-16(2)9-10-19-13-7-3-5-12(11-13)6-4-8-15-14(17)18/h3,5,7,11,15H,4,6,8-10H2,1-2H3,(H,17,18). The van der Waals surface area contributed by atoms with Crippen LogP contribution in [0.25, 0.3) is 0 Å². The molecule has 1 rings (SSSR count). The topological polar surface area (TPSA) is 61.8 Å². The van der Waals surface area contributed by atoms with E-state index in [9.17, 15) is 4.79 Å². The van der Waals surface area contributed by atoms with Gasteiger partial charge in [-0.15, -0.1) is 0 Å². The van der Waals surface area contributed by atoms with Crippen LogP contribution >= 0.6 is 0 Å². The summed E-state index contributed by atoms with van der Waals surface area (Å²) in [5.74, 6) is 0.866. The third-order valence-corrected chi connectivity index (χ3v) is 2.62. The van der Waals surface area contributed by atoms with E-state index < -0.39 is 6.09 Å². The Morgan fingerprint density at radius 2 is 2.21 bits per heavy atom. The van der Waals surface area contributed by atoms with E-state index in [2.05, 4.69) is 10.2 Å². The van der Waals surface area contributed by atoms with Crippen molar-refractivity contribution in [1.29, 1.82) is 0 Å². The SMILES string of the molecule is CN(C)CCOc1cccc(CCCNC(=O)O)c1. The molecule has 0 aliphatic rings. The highest BCUT2D eigenvalue weighted by atomic mass is 16.5. The van der Waals surface area contributed by atoms with Gasteiger partial charge < -0.3 is 20.1 Å². The third-order valence-electron chi connectivity index (χ3n) is 2.62. The molecule has 5 heteroatoms. The molecule has 0 saturated carbocycles. The maximum absolute atomic E-state index is 10.3. The van der Waals surface area contributed by atoms with Gasteiger partial charge in [-0.05, 0) is 44.6 Å². The number of hydrogen-bond acceptors (Lipinski definition) is 3. The highest BCUT2D eigenvalue weighted by Crippen LogP contribution is 2.14. The predicted octanol–water partition coefficient (Wildman–Crippen LogP) is 1.83. The lowest BCUT2D eigenvalue weighted by atomic mass is 10.1. The summed E-state index contributed by atoms with van der Waals surface area (Å²) < 4.78 is 5.65. The third kappa shape index (κ3) is 7.31. The molecule has 0 spiro atoms. The molecule has 0 heterocycles. The number of amides is 1. The van der Waals surface area contributed by atoms with Gasteiger partial charge in [0.05, 0.1) is 0 Å². The maximum Gasteiger partial charge on any atom is 0.404 e. The van der Waals surface area contributed by atoms with E-state index in [0.29, 0.717) is 13.2 Å². The highest BCUT2D eigenvalue weighted by molar-refractivity contribution is 5.64. The van der Waals surface area contributed by atoms with Gasteiger partial charge in [-0.3, -0.25) is 0 Å². The summed E-state index contributed by atoms with van der Waals surface area (Å²) >= 11 is 0. The summed E-state index contributed by atoms with van der Waals surface area (Å²) in [6.45, 7) is 2.02. The zero-order valence-electron chi connectivity index (χ0n) is 11.6. The van der Waals surface area contributed by atoms with E-state index in [1.165, 1.54) is 0 Å². The minimum absolute atomic E-state index is 0.473. The molecule has 0 radical (unpaired) electrons. The van der Waals surface area contributed by atoms with Crippen molar-refractivity contribution >= 4 is 6.09 Å². The van der Waals surface area contributed by atoms with Crippen molar-refractivity contribution < 1.29 is 14.6 Å². The summed E-state index contributed by atoms with van der Waals surface area (Å²) in [6.07, 6.45) is 0.652. The molecule has 106 valence electrons. The molecule has 0 bridgehead atoms. The summed E-state index contributed by atoms with van der Waals surface area (Å²) in [5, 5.41) is 10.8. The minimum atomic E-state index is -0.972. The number of carbonyl (C=O) groups is 1. The van der Waals surface area contributed by atoms with E-state index in [1.807, 2.05) is 38.4 Å². The van der Waals surface area contributed by atoms with Crippen LogP contribution in [-0.4, -0.2) is 49.9 Å². The molecule has 0 saturated heterocycles. The number of benzene rings is 1. The molecule has 0 aliphatic carbocycles. The monoisotopic (exact) mass is 266 g/mol. The lowest BCUT2D eigenvalue weighted by Crippen LogP contribution is -2.22. The summed E-state index contributed by atoms with van der Waals surface area (Å²) in [5.41, 5.74) is 1.16. The van der Waals surface area contributed by atoms with Gasteiger partial charge in [0.1, 0.15) is 12.4 Å². The average Bonchev–Trinajstić information content (AvgIpc) is 2.34. The fraction of sp³-hybridized carbons (Fsp3) is 0.500. The number of ether oxygens (including phenoxy) is 1. The molecule has 0 aromatic heterocycles. The number of nitrogens with zero attached hydrogens (tertiary/aromatic N) is 1. The fourth-order valence-electron chi connectivity index (χ4n) is 1.62. The molecule has 0 unspecified atom stereocenters. The molecule has 0 fully saturated rings. The fourth-order valence-corrected chi connectivity index (χ4v) is 1.62. The molecule has 0 aliphatic heterocycles. The number of likely N-dealkylation sites (N-methyl/N-ethyl adjacent to an activating group) is 1. The second kappa shape index (κ2) is 8.37. The Bertz CT molecular complexity index is 394. The smallest absolute Gasteiger partial charge is 0.404 e. The van der Waals surface area contributed by atoms with Gasteiger partial charge in [-0.2, -0.15) is 0 Å². The normalized spacial score (nSPS) is 10.5. The van der Waals surface area contributed by atoms with E-state index in [0.717, 1.165) is 30.7 Å². The van der Waals surface area contributed by atoms with Crippen molar-refractivity contribution in [1.82, 2.24) is 10.2 Å². The van der Waals surface area contributed by atoms with Gasteiger partial charge in [0.25, 0.3) is 0 Å². The quantitative estimate of drug-likeness (QED) is 0.705. The van der Waals surface area contributed by atoms with E-state index >= 15 is 0 Å². The van der Waals surface area contributed by atoms with Crippen LogP contribution in [0.1, 0.15) is 12.0 Å². The first-order valence-electron chi connectivity index (χ1n) is 6.41. The maximum atomic E-state index is 10.3. The predicted molar refractivity (Wildman–Crippen MR) is 74.8 cm³/mol. The number of nitrogens with one attached hydrogen (secondary N) is 1. The van der Waals surface area contributed by atoms with Crippen LogP contribution in [0, 0.1) is 0 Å². The zero-order valence-corrected chi connectivity index (χ0v) is 11.6. The van der Waals surface area contributed by atoms with E-state index in [-0.39, 0.29) is 0 Å². The van der Waals surface area contributed by atoms with Crippen molar-refractivity contribution in [3.05, 3.63) is 29.8 Å². The van der Waals surface area contributed by atoms with E-state index in [4.69, 9.17) is 9.84 Å². The van der Waals surface area contributed by atoms with Crippen molar-refractivity contribution in [3.63, 3.8) is 0 Å². The van der Waals surface area contributed by atoms with Gasteiger partial charge >= 0.3 is 6.09 Å². The molecule has 5 nitrogen and oxygen atoms in total. The first-order chi connectivity index (χ1) is 9.08. The lowest BCUT2D eigenvalue weighted by Gasteiger charge is -2.11. The number of rotatable bonds is 8. The molecule has 1 aromatic carbocycles. The van der Waals surface area contributed by atoms with Crippen LogP contribution in [-0.2, 0) is 6.42 Å². The molecule has 0 atom stereocenters. The van der Waals surface area contributed by atoms with Crippen LogP contribution in [0.15, 0.2) is 24.3 Å². The Morgan fingerprint density at radius 1 is 1.42 bits per heavy atom. The largest absolute Gasteiger partial charge is 0.492 e. The molecule has 19 heavy (non-hydrogen) atoms. The summed E-state index contributed by atoms with van der Waals surface area (Å²) in [7, 11) is 4.02. The van der Waals surface area contributed by atoms with Crippen molar-refractivity contribution in [2.75, 3.05) is 33.8 Å². The van der Waals surface area contributed by atoms with Crippen LogP contribution in [0.2, 0.25) is 0 Å². The Balaban J connectivity index is 2.32. The van der Waals surface area contributed by atoms with Crippen LogP contribution < -0.4 is 10.1 Å². The second-order valence-electron chi connectivity index (χ2n) is 4.63. The molecule has 1 amide bonds. The highest BCUT2D eigenvalue weighted by Gasteiger charge is 1.99. The van der Waals surface area contributed by atoms with Gasteiger partial charge in [-0.25, -0.2) is 4.79 Å².